The van der Waals surface area contributed by atoms with Crippen LogP contribution in [0.4, 0.5) is 0 Å². The van der Waals surface area contributed by atoms with Gasteiger partial charge in [0.2, 0.25) is 0 Å². The van der Waals surface area contributed by atoms with Gasteiger partial charge in [0.1, 0.15) is 0 Å². The summed E-state index contributed by atoms with van der Waals surface area (Å²) < 4.78 is 0. The molecule has 1 aliphatic rings. The molecular weight excluding hydrogens is 158 g/mol. The normalized spacial score (nSPS) is 23.1. The molecule has 1 aliphatic carbocycles. The first-order valence-corrected chi connectivity index (χ1v) is 5.70. The van der Waals surface area contributed by atoms with Crippen LogP contribution in [0.15, 0.2) is 0 Å². The maximum absolute atomic E-state index is 6.01. The van der Waals surface area contributed by atoms with Crippen LogP contribution >= 0.6 is 0 Å². The fourth-order valence-electron chi connectivity index (χ4n) is 2.28. The van der Waals surface area contributed by atoms with Crippen molar-refractivity contribution in [1.82, 2.24) is 0 Å². The van der Waals surface area contributed by atoms with Crippen molar-refractivity contribution in [3.05, 3.63) is 0 Å². The van der Waals surface area contributed by atoms with Gasteiger partial charge in [-0.05, 0) is 44.9 Å². The van der Waals surface area contributed by atoms with Crippen LogP contribution < -0.4 is 5.73 Å². The van der Waals surface area contributed by atoms with Gasteiger partial charge in [0, 0.05) is 5.54 Å². The molecule has 1 fully saturated rings. The van der Waals surface area contributed by atoms with Crippen LogP contribution in [0.1, 0.15) is 65.7 Å². The topological polar surface area (TPSA) is 26.0 Å². The number of hydrogen-bond acceptors (Lipinski definition) is 1. The Balaban J connectivity index is 2.33. The second kappa shape index (κ2) is 4.00. The Bertz CT molecular complexity index is 149. The monoisotopic (exact) mass is 183 g/mol. The Morgan fingerprint density at radius 3 is 2.15 bits per heavy atom. The second-order valence-corrected chi connectivity index (χ2v) is 5.86. The second-order valence-electron chi connectivity index (χ2n) is 5.86. The van der Waals surface area contributed by atoms with Gasteiger partial charge in [0.05, 0.1) is 0 Å². The van der Waals surface area contributed by atoms with E-state index in [-0.39, 0.29) is 5.54 Å². The van der Waals surface area contributed by atoms with Gasteiger partial charge in [-0.3, -0.25) is 0 Å². The van der Waals surface area contributed by atoms with E-state index in [1.54, 1.807) is 0 Å². The minimum atomic E-state index is 0.0282. The van der Waals surface area contributed by atoms with Gasteiger partial charge in [-0.2, -0.15) is 0 Å². The minimum absolute atomic E-state index is 0.0282. The lowest BCUT2D eigenvalue weighted by Gasteiger charge is -2.35. The first-order valence-electron chi connectivity index (χ1n) is 5.70. The van der Waals surface area contributed by atoms with E-state index in [9.17, 15) is 0 Å². The molecular formula is C12H25N. The lowest BCUT2D eigenvalue weighted by Crippen LogP contribution is -2.34. The van der Waals surface area contributed by atoms with Crippen molar-refractivity contribution < 1.29 is 0 Å². The predicted octanol–water partition coefficient (Wildman–Crippen LogP) is 3.47. The number of rotatable bonds is 3. The molecule has 0 aliphatic heterocycles. The van der Waals surface area contributed by atoms with Crippen LogP contribution in [0, 0.1) is 5.41 Å². The van der Waals surface area contributed by atoms with E-state index in [0.717, 1.165) is 0 Å². The Morgan fingerprint density at radius 1 is 1.15 bits per heavy atom. The van der Waals surface area contributed by atoms with E-state index in [2.05, 4.69) is 20.8 Å². The summed E-state index contributed by atoms with van der Waals surface area (Å²) in [7, 11) is 0. The van der Waals surface area contributed by atoms with Gasteiger partial charge in [-0.15, -0.1) is 0 Å². The summed E-state index contributed by atoms with van der Waals surface area (Å²) >= 11 is 0. The average Bonchev–Trinajstić information content (AvgIpc) is 2.02. The Kier molecular flexibility index (Phi) is 3.39. The highest BCUT2D eigenvalue weighted by molar-refractivity contribution is 4.82. The fraction of sp³-hybridized carbons (Fsp3) is 1.00. The molecule has 0 aromatic heterocycles. The van der Waals surface area contributed by atoms with Crippen molar-refractivity contribution in [3.8, 4) is 0 Å². The molecule has 0 atom stereocenters. The van der Waals surface area contributed by atoms with E-state index < -0.39 is 0 Å². The molecule has 0 amide bonds. The lowest BCUT2D eigenvalue weighted by atomic mass is 9.71. The summed E-state index contributed by atoms with van der Waals surface area (Å²) in [5.74, 6) is 0. The minimum Gasteiger partial charge on any atom is -0.326 e. The molecule has 0 aromatic rings. The van der Waals surface area contributed by atoms with Crippen molar-refractivity contribution in [3.63, 3.8) is 0 Å². The molecule has 2 N–H and O–H groups in total. The molecule has 0 unspecified atom stereocenters. The molecule has 1 saturated carbocycles. The Morgan fingerprint density at radius 2 is 1.69 bits per heavy atom. The van der Waals surface area contributed by atoms with Gasteiger partial charge in [0.25, 0.3) is 0 Å². The summed E-state index contributed by atoms with van der Waals surface area (Å²) in [6.07, 6.45) is 9.64. The van der Waals surface area contributed by atoms with Crippen molar-refractivity contribution in [2.75, 3.05) is 0 Å². The van der Waals surface area contributed by atoms with Crippen molar-refractivity contribution >= 4 is 0 Å². The number of hydrogen-bond donors (Lipinski definition) is 1. The molecule has 0 spiro atoms. The zero-order chi connectivity index (χ0) is 9.95. The van der Waals surface area contributed by atoms with E-state index in [1.807, 2.05) is 0 Å². The smallest absolute Gasteiger partial charge is 0.00972 e. The van der Waals surface area contributed by atoms with Crippen LogP contribution in [0.25, 0.3) is 0 Å². The zero-order valence-electron chi connectivity index (χ0n) is 9.53. The van der Waals surface area contributed by atoms with Crippen molar-refractivity contribution in [2.24, 2.45) is 11.1 Å². The third-order valence-corrected chi connectivity index (χ3v) is 3.43. The molecule has 0 saturated heterocycles. The van der Waals surface area contributed by atoms with E-state index >= 15 is 0 Å². The summed E-state index contributed by atoms with van der Waals surface area (Å²) in [5, 5.41) is 0. The molecule has 1 heteroatoms. The molecule has 0 heterocycles. The summed E-state index contributed by atoms with van der Waals surface area (Å²) in [4.78, 5) is 0. The van der Waals surface area contributed by atoms with Gasteiger partial charge in [-0.25, -0.2) is 0 Å². The van der Waals surface area contributed by atoms with Crippen molar-refractivity contribution in [1.29, 1.82) is 0 Å². The maximum Gasteiger partial charge on any atom is 0.00972 e. The molecule has 1 nitrogen and oxygen atoms in total. The maximum atomic E-state index is 6.01. The summed E-state index contributed by atoms with van der Waals surface area (Å²) in [5.41, 5.74) is 6.65. The molecule has 0 radical (unpaired) electrons. The van der Waals surface area contributed by atoms with Crippen molar-refractivity contribution in [2.45, 2.75) is 71.3 Å². The molecule has 0 aromatic carbocycles. The molecule has 78 valence electrons. The van der Waals surface area contributed by atoms with Crippen LogP contribution in [0.5, 0.6) is 0 Å². The Hall–Kier alpha value is -0.0400. The quantitative estimate of drug-likeness (QED) is 0.712. The third-order valence-electron chi connectivity index (χ3n) is 3.43. The largest absolute Gasteiger partial charge is 0.326 e. The van der Waals surface area contributed by atoms with Crippen LogP contribution in [0.3, 0.4) is 0 Å². The van der Waals surface area contributed by atoms with Gasteiger partial charge < -0.3 is 5.73 Å². The van der Waals surface area contributed by atoms with Gasteiger partial charge in [-0.1, -0.05) is 26.2 Å². The zero-order valence-corrected chi connectivity index (χ0v) is 9.53. The summed E-state index contributed by atoms with van der Waals surface area (Å²) in [6.45, 7) is 6.72. The van der Waals surface area contributed by atoms with Gasteiger partial charge >= 0.3 is 0 Å². The van der Waals surface area contributed by atoms with E-state index in [4.69, 9.17) is 5.73 Å². The third kappa shape index (κ3) is 4.12. The van der Waals surface area contributed by atoms with Crippen LogP contribution in [0.2, 0.25) is 0 Å². The first-order chi connectivity index (χ1) is 5.91. The lowest BCUT2D eigenvalue weighted by molar-refractivity contribution is 0.181. The Labute approximate surface area is 83.1 Å². The van der Waals surface area contributed by atoms with Crippen LogP contribution in [-0.2, 0) is 0 Å². The first kappa shape index (κ1) is 11.0. The molecule has 0 bridgehead atoms. The van der Waals surface area contributed by atoms with E-state index in [0.29, 0.717) is 5.41 Å². The highest BCUT2D eigenvalue weighted by Gasteiger charge is 2.28. The average molecular weight is 183 g/mol. The standard InChI is InChI=1S/C12H25N/c1-11(2,13)9-10-12(3)7-5-4-6-8-12/h4-10,13H2,1-3H3. The summed E-state index contributed by atoms with van der Waals surface area (Å²) in [6, 6.07) is 0. The highest BCUT2D eigenvalue weighted by atomic mass is 14.7. The highest BCUT2D eigenvalue weighted by Crippen LogP contribution is 2.40. The molecule has 13 heavy (non-hydrogen) atoms. The van der Waals surface area contributed by atoms with Crippen LogP contribution in [-0.4, -0.2) is 5.54 Å². The SMILES string of the molecule is CC(C)(N)CCC1(C)CCCCC1. The van der Waals surface area contributed by atoms with E-state index in [1.165, 1.54) is 44.9 Å². The predicted molar refractivity (Wildman–Crippen MR) is 58.7 cm³/mol. The fourth-order valence-corrected chi connectivity index (χ4v) is 2.28. The molecule has 1 rings (SSSR count). The number of nitrogens with two attached hydrogens (primary N) is 1. The van der Waals surface area contributed by atoms with Gasteiger partial charge in [0.15, 0.2) is 0 Å².